The van der Waals surface area contributed by atoms with E-state index in [0.717, 1.165) is 69.7 Å². The lowest BCUT2D eigenvalue weighted by molar-refractivity contribution is -0.00683. The molecule has 28 heavy (non-hydrogen) atoms. The number of aliphatic imine (C=N–C) groups is 1. The minimum atomic E-state index is 0.0191. The summed E-state index contributed by atoms with van der Waals surface area (Å²) in [7, 11) is 0. The standard InChI is InChI=1S/C21H34N6O/c1-5-22-20(24-16-21(3,4)27-11-13-28-14-12-27)23-9-8-18-15-26-10-6-7-17(2)19(26)25-18/h6-7,10,15H,5,8-9,11-14,16H2,1-4H3,(H2,22,23,24). The molecule has 2 N–H and O–H groups in total. The number of guanidine groups is 1. The van der Waals surface area contributed by atoms with Crippen LogP contribution in [0.5, 0.6) is 0 Å². The number of fused-ring (bicyclic) bond motifs is 1. The van der Waals surface area contributed by atoms with Gasteiger partial charge >= 0.3 is 0 Å². The molecular formula is C21H34N6O. The van der Waals surface area contributed by atoms with Crippen LogP contribution in [-0.4, -0.2) is 71.7 Å². The number of hydrogen-bond donors (Lipinski definition) is 2. The predicted octanol–water partition coefficient (Wildman–Crippen LogP) is 1.85. The number of hydrogen-bond acceptors (Lipinski definition) is 4. The maximum Gasteiger partial charge on any atom is 0.191 e. The molecule has 0 aromatic carbocycles. The second kappa shape index (κ2) is 9.39. The van der Waals surface area contributed by atoms with Gasteiger partial charge in [-0.3, -0.25) is 9.89 Å². The fourth-order valence-electron chi connectivity index (χ4n) is 3.52. The second-order valence-electron chi connectivity index (χ2n) is 7.94. The van der Waals surface area contributed by atoms with Gasteiger partial charge in [0.05, 0.1) is 25.5 Å². The Balaban J connectivity index is 1.55. The number of imidazole rings is 1. The van der Waals surface area contributed by atoms with E-state index in [9.17, 15) is 0 Å². The van der Waals surface area contributed by atoms with Crippen LogP contribution in [0.3, 0.4) is 0 Å². The van der Waals surface area contributed by atoms with Crippen LogP contribution in [0.25, 0.3) is 5.65 Å². The van der Waals surface area contributed by atoms with E-state index in [1.807, 2.05) is 6.20 Å². The maximum absolute atomic E-state index is 5.47. The number of morpholine rings is 1. The van der Waals surface area contributed by atoms with Gasteiger partial charge in [-0.2, -0.15) is 0 Å². The van der Waals surface area contributed by atoms with Crippen molar-refractivity contribution in [3.63, 3.8) is 0 Å². The Bertz CT molecular complexity index is 791. The largest absolute Gasteiger partial charge is 0.379 e. The summed E-state index contributed by atoms with van der Waals surface area (Å²) in [5.41, 5.74) is 3.34. The van der Waals surface area contributed by atoms with Gasteiger partial charge < -0.3 is 19.8 Å². The third-order valence-corrected chi connectivity index (χ3v) is 5.24. The summed E-state index contributed by atoms with van der Waals surface area (Å²) in [4.78, 5) is 12.0. The second-order valence-corrected chi connectivity index (χ2v) is 7.94. The van der Waals surface area contributed by atoms with Crippen molar-refractivity contribution in [2.75, 3.05) is 45.9 Å². The molecule has 2 aromatic heterocycles. The Labute approximate surface area is 168 Å². The van der Waals surface area contributed by atoms with Gasteiger partial charge in [0.25, 0.3) is 0 Å². The highest BCUT2D eigenvalue weighted by molar-refractivity contribution is 5.79. The summed E-state index contributed by atoms with van der Waals surface area (Å²) in [5.74, 6) is 0.865. The molecule has 3 heterocycles. The lowest BCUT2D eigenvalue weighted by Gasteiger charge is -2.39. The van der Waals surface area contributed by atoms with Gasteiger partial charge in [-0.15, -0.1) is 0 Å². The zero-order valence-corrected chi connectivity index (χ0v) is 17.7. The van der Waals surface area contributed by atoms with Gasteiger partial charge in [0.1, 0.15) is 5.65 Å². The number of pyridine rings is 1. The fourth-order valence-corrected chi connectivity index (χ4v) is 3.52. The van der Waals surface area contributed by atoms with Gasteiger partial charge in [0.15, 0.2) is 5.96 Å². The van der Waals surface area contributed by atoms with E-state index in [1.54, 1.807) is 0 Å². The molecule has 1 aliphatic heterocycles. The third kappa shape index (κ3) is 5.23. The topological polar surface area (TPSA) is 66.2 Å². The first-order valence-corrected chi connectivity index (χ1v) is 10.3. The number of nitrogens with zero attached hydrogens (tertiary/aromatic N) is 4. The van der Waals surface area contributed by atoms with E-state index >= 15 is 0 Å². The number of aryl methyl sites for hydroxylation is 1. The number of aromatic nitrogens is 2. The number of rotatable bonds is 7. The van der Waals surface area contributed by atoms with Crippen LogP contribution in [0.15, 0.2) is 29.5 Å². The molecular weight excluding hydrogens is 352 g/mol. The Hall–Kier alpha value is -2.12. The summed E-state index contributed by atoms with van der Waals surface area (Å²) in [6, 6.07) is 4.15. The SMILES string of the molecule is CCNC(=NCC(C)(C)N1CCOCC1)NCCc1cn2cccc(C)c2n1. The molecule has 154 valence electrons. The molecule has 0 radical (unpaired) electrons. The molecule has 3 rings (SSSR count). The lowest BCUT2D eigenvalue weighted by atomic mass is 10.0. The molecule has 1 saturated heterocycles. The molecule has 0 aliphatic carbocycles. The first kappa shape index (κ1) is 20.6. The van der Waals surface area contributed by atoms with Gasteiger partial charge in [-0.05, 0) is 39.3 Å². The van der Waals surface area contributed by atoms with Crippen LogP contribution >= 0.6 is 0 Å². The Morgan fingerprint density at radius 3 is 2.79 bits per heavy atom. The zero-order valence-electron chi connectivity index (χ0n) is 17.7. The van der Waals surface area contributed by atoms with Gasteiger partial charge in [-0.1, -0.05) is 6.07 Å². The smallest absolute Gasteiger partial charge is 0.191 e. The van der Waals surface area contributed by atoms with E-state index < -0.39 is 0 Å². The van der Waals surface area contributed by atoms with Gasteiger partial charge in [0.2, 0.25) is 0 Å². The summed E-state index contributed by atoms with van der Waals surface area (Å²) in [6.45, 7) is 14.6. The highest BCUT2D eigenvalue weighted by atomic mass is 16.5. The monoisotopic (exact) mass is 386 g/mol. The van der Waals surface area contributed by atoms with Crippen molar-refractivity contribution in [3.8, 4) is 0 Å². The van der Waals surface area contributed by atoms with Crippen molar-refractivity contribution >= 4 is 11.6 Å². The van der Waals surface area contributed by atoms with Crippen LogP contribution < -0.4 is 10.6 Å². The quantitative estimate of drug-likeness (QED) is 0.562. The third-order valence-electron chi connectivity index (χ3n) is 5.24. The normalized spacial score (nSPS) is 16.5. The van der Waals surface area contributed by atoms with E-state index in [4.69, 9.17) is 14.7 Å². The van der Waals surface area contributed by atoms with Crippen LogP contribution in [-0.2, 0) is 11.2 Å². The Morgan fingerprint density at radius 2 is 2.07 bits per heavy atom. The van der Waals surface area contributed by atoms with Crippen LogP contribution in [0.4, 0.5) is 0 Å². The van der Waals surface area contributed by atoms with Crippen LogP contribution in [0.1, 0.15) is 32.0 Å². The van der Waals surface area contributed by atoms with Crippen molar-refractivity contribution in [1.29, 1.82) is 0 Å². The molecule has 1 fully saturated rings. The van der Waals surface area contributed by atoms with Crippen molar-refractivity contribution in [1.82, 2.24) is 24.9 Å². The molecule has 1 aliphatic rings. The lowest BCUT2D eigenvalue weighted by Crippen LogP contribution is -2.52. The van der Waals surface area contributed by atoms with Crippen LogP contribution in [0.2, 0.25) is 0 Å². The number of ether oxygens (including phenoxy) is 1. The molecule has 0 atom stereocenters. The number of nitrogens with one attached hydrogen (secondary N) is 2. The Kier molecular flexibility index (Phi) is 6.91. The molecule has 7 nitrogen and oxygen atoms in total. The minimum absolute atomic E-state index is 0.0191. The summed E-state index contributed by atoms with van der Waals surface area (Å²) >= 11 is 0. The summed E-state index contributed by atoms with van der Waals surface area (Å²) in [5, 5.41) is 6.80. The highest BCUT2D eigenvalue weighted by Gasteiger charge is 2.28. The summed E-state index contributed by atoms with van der Waals surface area (Å²) < 4.78 is 7.57. The molecule has 0 spiro atoms. The van der Waals surface area contributed by atoms with Gasteiger partial charge in [0, 0.05) is 50.5 Å². The van der Waals surface area contributed by atoms with Crippen molar-refractivity contribution < 1.29 is 4.74 Å². The van der Waals surface area contributed by atoms with E-state index in [1.165, 1.54) is 5.56 Å². The minimum Gasteiger partial charge on any atom is -0.379 e. The predicted molar refractivity (Wildman–Crippen MR) is 114 cm³/mol. The molecule has 7 heteroatoms. The molecule has 0 amide bonds. The van der Waals surface area contributed by atoms with Crippen molar-refractivity contribution in [2.24, 2.45) is 4.99 Å². The van der Waals surface area contributed by atoms with E-state index in [-0.39, 0.29) is 5.54 Å². The van der Waals surface area contributed by atoms with Crippen molar-refractivity contribution in [3.05, 3.63) is 35.8 Å². The maximum atomic E-state index is 5.47. The first-order valence-electron chi connectivity index (χ1n) is 10.3. The summed E-state index contributed by atoms with van der Waals surface area (Å²) in [6.07, 6.45) is 5.01. The molecule has 0 bridgehead atoms. The highest BCUT2D eigenvalue weighted by Crippen LogP contribution is 2.16. The average molecular weight is 387 g/mol. The van der Waals surface area contributed by atoms with Gasteiger partial charge in [-0.25, -0.2) is 4.98 Å². The van der Waals surface area contributed by atoms with E-state index in [2.05, 4.69) is 66.0 Å². The zero-order chi connectivity index (χ0) is 20.0. The first-order chi connectivity index (χ1) is 13.5. The van der Waals surface area contributed by atoms with Crippen molar-refractivity contribution in [2.45, 2.75) is 39.7 Å². The van der Waals surface area contributed by atoms with E-state index in [0.29, 0.717) is 0 Å². The Morgan fingerprint density at radius 1 is 1.29 bits per heavy atom. The molecule has 0 saturated carbocycles. The molecule has 0 unspecified atom stereocenters. The van der Waals surface area contributed by atoms with Crippen LogP contribution in [0, 0.1) is 6.92 Å². The molecule has 2 aromatic rings. The average Bonchev–Trinajstić information content (AvgIpc) is 3.11. The fraction of sp³-hybridized carbons (Fsp3) is 0.619.